The first-order chi connectivity index (χ1) is 7.67. The number of aliphatic hydroxyl groups is 1. The molecule has 1 aromatic rings. The third-order valence-electron chi connectivity index (χ3n) is 2.44. The minimum atomic E-state index is -3.72. The van der Waals surface area contributed by atoms with Gasteiger partial charge in [0.25, 0.3) is 0 Å². The SMILES string of the molecule is C[Si](C)(C)C(=O)C(F)(F)C(O)c1ccccc1. The van der Waals surface area contributed by atoms with Gasteiger partial charge in [-0.05, 0) is 5.56 Å². The molecule has 1 rings (SSSR count). The molecule has 0 amide bonds. The van der Waals surface area contributed by atoms with Crippen LogP contribution in [0.15, 0.2) is 30.3 Å². The summed E-state index contributed by atoms with van der Waals surface area (Å²) in [5.41, 5.74) is 0.0594. The highest BCUT2D eigenvalue weighted by atomic mass is 28.3. The van der Waals surface area contributed by atoms with Gasteiger partial charge in [0.05, 0.1) is 0 Å². The number of halogens is 2. The summed E-state index contributed by atoms with van der Waals surface area (Å²) in [6.45, 7) is 4.63. The molecule has 1 aromatic carbocycles. The van der Waals surface area contributed by atoms with E-state index in [1.807, 2.05) is 0 Å². The fraction of sp³-hybridized carbons (Fsp3) is 0.417. The molecule has 0 radical (unpaired) electrons. The number of carbonyl (C=O) groups is 1. The van der Waals surface area contributed by atoms with Crippen molar-refractivity contribution in [3.63, 3.8) is 0 Å². The molecule has 17 heavy (non-hydrogen) atoms. The number of aliphatic hydroxyl groups excluding tert-OH is 1. The van der Waals surface area contributed by atoms with E-state index in [2.05, 4.69) is 0 Å². The summed E-state index contributed by atoms with van der Waals surface area (Å²) in [5.74, 6) is -3.72. The maximum absolute atomic E-state index is 13.8. The average Bonchev–Trinajstić information content (AvgIpc) is 2.27. The molecule has 0 aromatic heterocycles. The molecule has 1 N–H and O–H groups in total. The second-order valence-electron chi connectivity index (χ2n) is 5.02. The van der Waals surface area contributed by atoms with Gasteiger partial charge in [0.1, 0.15) is 14.2 Å². The molecular weight excluding hydrogens is 242 g/mol. The second kappa shape index (κ2) is 4.66. The Bertz CT molecular complexity index is 399. The Hall–Kier alpha value is -1.07. The Morgan fingerprint density at radius 2 is 1.71 bits per heavy atom. The number of hydrogen-bond donors (Lipinski definition) is 1. The van der Waals surface area contributed by atoms with E-state index in [1.165, 1.54) is 12.1 Å². The van der Waals surface area contributed by atoms with Crippen molar-refractivity contribution in [3.05, 3.63) is 35.9 Å². The van der Waals surface area contributed by atoms with Crippen LogP contribution < -0.4 is 0 Å². The summed E-state index contributed by atoms with van der Waals surface area (Å²) >= 11 is 0. The normalized spacial score (nSPS) is 14.5. The van der Waals surface area contributed by atoms with Crippen molar-refractivity contribution in [1.82, 2.24) is 0 Å². The van der Waals surface area contributed by atoms with Crippen molar-refractivity contribution < 1.29 is 18.7 Å². The van der Waals surface area contributed by atoms with Gasteiger partial charge in [-0.1, -0.05) is 50.0 Å². The Balaban J connectivity index is 3.03. The molecule has 2 nitrogen and oxygen atoms in total. The van der Waals surface area contributed by atoms with Gasteiger partial charge in [0.2, 0.25) is 0 Å². The quantitative estimate of drug-likeness (QED) is 0.843. The first kappa shape index (κ1) is 14.0. The van der Waals surface area contributed by atoms with Crippen molar-refractivity contribution in [2.24, 2.45) is 0 Å². The number of benzene rings is 1. The standard InChI is InChI=1S/C12H16F2O2Si/c1-17(2,3)11(16)12(13,14)10(15)9-7-5-4-6-8-9/h4-8,10,15H,1-3H3. The lowest BCUT2D eigenvalue weighted by atomic mass is 10.0. The van der Waals surface area contributed by atoms with Gasteiger partial charge in [-0.2, -0.15) is 8.78 Å². The van der Waals surface area contributed by atoms with E-state index in [0.717, 1.165) is 0 Å². The fourth-order valence-electron chi connectivity index (χ4n) is 1.47. The second-order valence-corrected chi connectivity index (χ2v) is 9.97. The van der Waals surface area contributed by atoms with Gasteiger partial charge in [-0.25, -0.2) is 0 Å². The van der Waals surface area contributed by atoms with E-state index in [-0.39, 0.29) is 5.56 Å². The van der Waals surface area contributed by atoms with Crippen molar-refractivity contribution in [2.75, 3.05) is 0 Å². The molecule has 0 fully saturated rings. The zero-order valence-corrected chi connectivity index (χ0v) is 11.1. The zero-order valence-electron chi connectivity index (χ0n) is 10.1. The number of rotatable bonds is 4. The lowest BCUT2D eigenvalue weighted by Gasteiger charge is -2.27. The molecule has 1 unspecified atom stereocenters. The molecule has 0 saturated heterocycles. The minimum Gasteiger partial charge on any atom is -0.382 e. The maximum Gasteiger partial charge on any atom is 0.330 e. The molecule has 0 bridgehead atoms. The van der Waals surface area contributed by atoms with Gasteiger partial charge in [0, 0.05) is 0 Å². The summed E-state index contributed by atoms with van der Waals surface area (Å²) in [7, 11) is -2.64. The highest BCUT2D eigenvalue weighted by molar-refractivity contribution is 7.04. The van der Waals surface area contributed by atoms with E-state index in [4.69, 9.17) is 0 Å². The van der Waals surface area contributed by atoms with Crippen LogP contribution in [0.5, 0.6) is 0 Å². The predicted molar refractivity (Wildman–Crippen MR) is 64.7 cm³/mol. The summed E-state index contributed by atoms with van der Waals surface area (Å²) < 4.78 is 27.7. The lowest BCUT2D eigenvalue weighted by Crippen LogP contribution is -2.49. The van der Waals surface area contributed by atoms with Crippen LogP contribution in [-0.4, -0.2) is 24.5 Å². The molecule has 0 spiro atoms. The Labute approximate surface area is 100 Å². The first-order valence-electron chi connectivity index (χ1n) is 5.33. The van der Waals surface area contributed by atoms with E-state index < -0.39 is 25.5 Å². The predicted octanol–water partition coefficient (Wildman–Crippen LogP) is 2.80. The van der Waals surface area contributed by atoms with Crippen molar-refractivity contribution >= 4 is 13.5 Å². The summed E-state index contributed by atoms with van der Waals surface area (Å²) in [4.78, 5) is 11.7. The van der Waals surface area contributed by atoms with Gasteiger partial charge in [-0.3, -0.25) is 4.79 Å². The van der Waals surface area contributed by atoms with Crippen LogP contribution in [0, 0.1) is 0 Å². The van der Waals surface area contributed by atoms with Gasteiger partial charge < -0.3 is 5.11 Å². The fourth-order valence-corrected chi connectivity index (χ4v) is 2.61. The maximum atomic E-state index is 13.8. The molecule has 0 aliphatic heterocycles. The summed E-state index contributed by atoms with van der Waals surface area (Å²) in [6, 6.07) is 7.53. The monoisotopic (exact) mass is 258 g/mol. The van der Waals surface area contributed by atoms with Crippen LogP contribution in [0.3, 0.4) is 0 Å². The van der Waals surface area contributed by atoms with Gasteiger partial charge in [0.15, 0.2) is 5.41 Å². The average molecular weight is 258 g/mol. The van der Waals surface area contributed by atoms with Crippen molar-refractivity contribution in [3.8, 4) is 0 Å². The van der Waals surface area contributed by atoms with Gasteiger partial charge >= 0.3 is 5.92 Å². The molecule has 0 heterocycles. The molecule has 1 atom stereocenters. The first-order valence-corrected chi connectivity index (χ1v) is 8.83. The van der Waals surface area contributed by atoms with E-state index in [0.29, 0.717) is 0 Å². The molecule has 0 aliphatic carbocycles. The summed E-state index contributed by atoms with van der Waals surface area (Å²) in [6.07, 6.45) is -2.07. The minimum absolute atomic E-state index is 0.0594. The Kier molecular flexibility index (Phi) is 3.83. The van der Waals surface area contributed by atoms with E-state index in [1.54, 1.807) is 37.8 Å². The van der Waals surface area contributed by atoms with Crippen LogP contribution in [-0.2, 0) is 4.79 Å². The van der Waals surface area contributed by atoms with Crippen molar-refractivity contribution in [2.45, 2.75) is 31.7 Å². The van der Waals surface area contributed by atoms with Crippen LogP contribution in [0.4, 0.5) is 8.78 Å². The Morgan fingerprint density at radius 3 is 2.12 bits per heavy atom. The third-order valence-corrected chi connectivity index (χ3v) is 4.14. The van der Waals surface area contributed by atoms with Crippen LogP contribution >= 0.6 is 0 Å². The van der Waals surface area contributed by atoms with Crippen molar-refractivity contribution in [1.29, 1.82) is 0 Å². The lowest BCUT2D eigenvalue weighted by molar-refractivity contribution is -0.153. The van der Waals surface area contributed by atoms with E-state index >= 15 is 0 Å². The molecular formula is C12H16F2O2Si. The smallest absolute Gasteiger partial charge is 0.330 e. The molecule has 5 heteroatoms. The number of alkyl halides is 2. The molecule has 0 aliphatic rings. The highest BCUT2D eigenvalue weighted by Gasteiger charge is 2.51. The molecule has 0 saturated carbocycles. The zero-order chi connectivity index (χ0) is 13.3. The topological polar surface area (TPSA) is 37.3 Å². The number of hydrogen-bond acceptors (Lipinski definition) is 2. The van der Waals surface area contributed by atoms with Gasteiger partial charge in [-0.15, -0.1) is 0 Å². The van der Waals surface area contributed by atoms with Crippen LogP contribution in [0.25, 0.3) is 0 Å². The Morgan fingerprint density at radius 1 is 1.24 bits per heavy atom. The van der Waals surface area contributed by atoms with Crippen LogP contribution in [0.1, 0.15) is 11.7 Å². The highest BCUT2D eigenvalue weighted by Crippen LogP contribution is 2.34. The van der Waals surface area contributed by atoms with E-state index in [9.17, 15) is 18.7 Å². The van der Waals surface area contributed by atoms with Crippen LogP contribution in [0.2, 0.25) is 19.6 Å². The molecule has 94 valence electrons. The largest absolute Gasteiger partial charge is 0.382 e. The third kappa shape index (κ3) is 2.98. The number of carbonyl (C=O) groups excluding carboxylic acids is 1. The summed E-state index contributed by atoms with van der Waals surface area (Å²) in [5, 5.41) is 8.51.